The molecule has 1 aliphatic carbocycles. The Bertz CT molecular complexity index is 561. The molecule has 6 heteroatoms. The van der Waals surface area contributed by atoms with Crippen LogP contribution in [0, 0.1) is 5.92 Å². The zero-order valence-corrected chi connectivity index (χ0v) is 16.5. The molecular formula is C17H25BrN2O2S. The summed E-state index contributed by atoms with van der Waals surface area (Å²) in [5.74, 6) is 0.520. The Morgan fingerprint density at radius 1 is 1.26 bits per heavy atom. The molecule has 1 saturated carbocycles. The predicted molar refractivity (Wildman–Crippen MR) is 97.8 cm³/mol. The Hall–Kier alpha value is -0.880. The second-order valence-electron chi connectivity index (χ2n) is 6.29. The number of carbonyl (C=O) groups excluding carboxylic acids is 2. The Balaban J connectivity index is 1.95. The standard InChI is InChI=1S/C17H25BrN2O2S/c1-4-12-7-5-6-8-13(12)20(3)16(21)11-19(2)17(22)14-9-10-15(18)23-14/h9-10,12-13H,4-8,11H2,1-3H3/t12-,13-/m1/s1. The van der Waals surface area contributed by atoms with Crippen LogP contribution in [0.3, 0.4) is 0 Å². The molecule has 0 saturated heterocycles. The zero-order valence-electron chi connectivity index (χ0n) is 14.0. The topological polar surface area (TPSA) is 40.6 Å². The number of hydrogen-bond acceptors (Lipinski definition) is 3. The lowest BCUT2D eigenvalue weighted by Crippen LogP contribution is -2.47. The second kappa shape index (κ2) is 8.29. The molecule has 0 aromatic carbocycles. The minimum Gasteiger partial charge on any atom is -0.341 e. The molecule has 0 unspecified atom stereocenters. The van der Waals surface area contributed by atoms with Crippen molar-refractivity contribution in [3.05, 3.63) is 20.8 Å². The number of halogens is 1. The van der Waals surface area contributed by atoms with E-state index in [0.717, 1.165) is 16.6 Å². The highest BCUT2D eigenvalue weighted by Gasteiger charge is 2.30. The molecule has 4 nitrogen and oxygen atoms in total. The molecule has 2 atom stereocenters. The fourth-order valence-corrected chi connectivity index (χ4v) is 4.74. The van der Waals surface area contributed by atoms with E-state index in [0.29, 0.717) is 16.8 Å². The van der Waals surface area contributed by atoms with E-state index in [-0.39, 0.29) is 18.4 Å². The van der Waals surface area contributed by atoms with Crippen LogP contribution in [-0.4, -0.2) is 48.3 Å². The summed E-state index contributed by atoms with van der Waals surface area (Å²) in [5.41, 5.74) is 0. The van der Waals surface area contributed by atoms with Crippen molar-refractivity contribution in [3.63, 3.8) is 0 Å². The van der Waals surface area contributed by atoms with Crippen LogP contribution in [0.5, 0.6) is 0 Å². The van der Waals surface area contributed by atoms with Gasteiger partial charge >= 0.3 is 0 Å². The average molecular weight is 401 g/mol. The normalized spacial score (nSPS) is 21.0. The number of amides is 2. The molecule has 1 heterocycles. The van der Waals surface area contributed by atoms with Gasteiger partial charge in [-0.15, -0.1) is 11.3 Å². The van der Waals surface area contributed by atoms with Gasteiger partial charge in [-0.25, -0.2) is 0 Å². The first-order chi connectivity index (χ1) is 10.9. The van der Waals surface area contributed by atoms with Crippen LogP contribution in [0.1, 0.15) is 48.7 Å². The van der Waals surface area contributed by atoms with Crippen molar-refractivity contribution in [3.8, 4) is 0 Å². The largest absolute Gasteiger partial charge is 0.341 e. The first kappa shape index (κ1) is 18.5. The van der Waals surface area contributed by atoms with Crippen LogP contribution in [0.4, 0.5) is 0 Å². The van der Waals surface area contributed by atoms with Gasteiger partial charge in [-0.1, -0.05) is 26.2 Å². The maximum absolute atomic E-state index is 12.6. The van der Waals surface area contributed by atoms with E-state index in [1.165, 1.54) is 35.5 Å². The van der Waals surface area contributed by atoms with Crippen molar-refractivity contribution in [1.82, 2.24) is 9.80 Å². The Morgan fingerprint density at radius 3 is 2.57 bits per heavy atom. The lowest BCUT2D eigenvalue weighted by Gasteiger charge is -2.38. The third-order valence-corrected chi connectivity index (χ3v) is 6.40. The second-order valence-corrected chi connectivity index (χ2v) is 8.75. The molecule has 0 spiro atoms. The fraction of sp³-hybridized carbons (Fsp3) is 0.647. The Kier molecular flexibility index (Phi) is 6.65. The molecular weight excluding hydrogens is 376 g/mol. The molecule has 23 heavy (non-hydrogen) atoms. The van der Waals surface area contributed by atoms with Crippen LogP contribution < -0.4 is 0 Å². The number of thiophene rings is 1. The molecule has 1 aromatic rings. The van der Waals surface area contributed by atoms with E-state index in [2.05, 4.69) is 22.9 Å². The molecule has 0 aliphatic heterocycles. The van der Waals surface area contributed by atoms with Crippen LogP contribution in [-0.2, 0) is 4.79 Å². The monoisotopic (exact) mass is 400 g/mol. The fourth-order valence-electron chi connectivity index (χ4n) is 3.36. The van der Waals surface area contributed by atoms with Crippen molar-refractivity contribution in [2.24, 2.45) is 5.92 Å². The van der Waals surface area contributed by atoms with E-state index in [9.17, 15) is 9.59 Å². The summed E-state index contributed by atoms with van der Waals surface area (Å²) in [6, 6.07) is 3.96. The zero-order chi connectivity index (χ0) is 17.0. The van der Waals surface area contributed by atoms with E-state index in [1.54, 1.807) is 13.1 Å². The molecule has 128 valence electrons. The highest BCUT2D eigenvalue weighted by Crippen LogP contribution is 2.30. The highest BCUT2D eigenvalue weighted by molar-refractivity contribution is 9.11. The average Bonchev–Trinajstić information content (AvgIpc) is 2.99. The van der Waals surface area contributed by atoms with E-state index in [1.807, 2.05) is 18.0 Å². The minimum atomic E-state index is -0.0989. The SMILES string of the molecule is CC[C@@H]1CCCC[C@H]1N(C)C(=O)CN(C)C(=O)c1ccc(Br)s1. The van der Waals surface area contributed by atoms with Gasteiger partial charge in [0, 0.05) is 20.1 Å². The molecule has 2 amide bonds. The van der Waals surface area contributed by atoms with Gasteiger partial charge in [0.15, 0.2) is 0 Å². The number of nitrogens with zero attached hydrogens (tertiary/aromatic N) is 2. The van der Waals surface area contributed by atoms with Gasteiger partial charge in [-0.3, -0.25) is 9.59 Å². The smallest absolute Gasteiger partial charge is 0.264 e. The maximum Gasteiger partial charge on any atom is 0.264 e. The van der Waals surface area contributed by atoms with Crippen LogP contribution >= 0.6 is 27.3 Å². The van der Waals surface area contributed by atoms with Crippen molar-refractivity contribution in [1.29, 1.82) is 0 Å². The molecule has 0 bridgehead atoms. The number of likely N-dealkylation sites (N-methyl/N-ethyl adjacent to an activating group) is 2. The minimum absolute atomic E-state index is 0.0295. The number of carbonyl (C=O) groups is 2. The van der Waals surface area contributed by atoms with E-state index in [4.69, 9.17) is 0 Å². The van der Waals surface area contributed by atoms with E-state index >= 15 is 0 Å². The molecule has 1 aromatic heterocycles. The first-order valence-corrected chi connectivity index (χ1v) is 9.81. The van der Waals surface area contributed by atoms with Gasteiger partial charge in [0.2, 0.25) is 5.91 Å². The molecule has 0 N–H and O–H groups in total. The summed E-state index contributed by atoms with van der Waals surface area (Å²) in [5, 5.41) is 0. The highest BCUT2D eigenvalue weighted by atomic mass is 79.9. The summed E-state index contributed by atoms with van der Waals surface area (Å²) in [7, 11) is 3.58. The lowest BCUT2D eigenvalue weighted by molar-refractivity contribution is -0.134. The lowest BCUT2D eigenvalue weighted by atomic mass is 9.82. The van der Waals surface area contributed by atoms with Crippen molar-refractivity contribution < 1.29 is 9.59 Å². The molecule has 1 fully saturated rings. The van der Waals surface area contributed by atoms with Gasteiger partial charge in [0.25, 0.3) is 5.91 Å². The van der Waals surface area contributed by atoms with Crippen molar-refractivity contribution >= 4 is 39.1 Å². The van der Waals surface area contributed by atoms with Crippen molar-refractivity contribution in [2.75, 3.05) is 20.6 Å². The predicted octanol–water partition coefficient (Wildman–Crippen LogP) is 4.01. The summed E-state index contributed by atoms with van der Waals surface area (Å²) < 4.78 is 0.922. The van der Waals surface area contributed by atoms with Gasteiger partial charge in [-0.2, -0.15) is 0 Å². The molecule has 1 aliphatic rings. The summed E-state index contributed by atoms with van der Waals surface area (Å²) >= 11 is 4.76. The van der Waals surface area contributed by atoms with Crippen LogP contribution in [0.2, 0.25) is 0 Å². The van der Waals surface area contributed by atoms with Gasteiger partial charge in [0.05, 0.1) is 15.2 Å². The Labute approximate surface area is 151 Å². The van der Waals surface area contributed by atoms with Crippen molar-refractivity contribution in [2.45, 2.75) is 45.1 Å². The van der Waals surface area contributed by atoms with Gasteiger partial charge in [-0.05, 0) is 46.8 Å². The third-order valence-electron chi connectivity index (χ3n) is 4.79. The van der Waals surface area contributed by atoms with E-state index < -0.39 is 0 Å². The van der Waals surface area contributed by atoms with Gasteiger partial charge < -0.3 is 9.80 Å². The Morgan fingerprint density at radius 2 is 1.96 bits per heavy atom. The van der Waals surface area contributed by atoms with Gasteiger partial charge in [0.1, 0.15) is 0 Å². The number of rotatable bonds is 5. The maximum atomic E-state index is 12.6. The van der Waals surface area contributed by atoms with Crippen LogP contribution in [0.15, 0.2) is 15.9 Å². The molecule has 0 radical (unpaired) electrons. The third kappa shape index (κ3) is 4.57. The first-order valence-electron chi connectivity index (χ1n) is 8.20. The quantitative estimate of drug-likeness (QED) is 0.748. The summed E-state index contributed by atoms with van der Waals surface area (Å²) in [6.45, 7) is 2.34. The summed E-state index contributed by atoms with van der Waals surface area (Å²) in [6.07, 6.45) is 5.85. The summed E-state index contributed by atoms with van der Waals surface area (Å²) in [4.78, 5) is 29.0. The van der Waals surface area contributed by atoms with Crippen LogP contribution in [0.25, 0.3) is 0 Å². The molecule has 2 rings (SSSR count). The number of hydrogen-bond donors (Lipinski definition) is 0.